The zero-order valence-electron chi connectivity index (χ0n) is 22.5. The number of carbonyl (C=O) groups is 3. The summed E-state index contributed by atoms with van der Waals surface area (Å²) < 4.78 is 5.27. The summed E-state index contributed by atoms with van der Waals surface area (Å²) >= 11 is 0. The third-order valence-corrected chi connectivity index (χ3v) is 5.80. The number of nitrogens with zero attached hydrogens (tertiary/aromatic N) is 1. The van der Waals surface area contributed by atoms with E-state index in [0.717, 1.165) is 11.3 Å². The van der Waals surface area contributed by atoms with Gasteiger partial charge in [-0.25, -0.2) is 4.79 Å². The largest absolute Gasteiger partial charge is 0.444 e. The van der Waals surface area contributed by atoms with Gasteiger partial charge in [0.25, 0.3) is 0 Å². The van der Waals surface area contributed by atoms with Crippen LogP contribution in [0.1, 0.15) is 43.1 Å². The Morgan fingerprint density at radius 3 is 2.12 bits per heavy atom. The Labute approximate surface area is 233 Å². The molecular weight excluding hydrogens is 502 g/mol. The maximum absolute atomic E-state index is 12.8. The molecule has 0 unspecified atom stereocenters. The van der Waals surface area contributed by atoms with Gasteiger partial charge < -0.3 is 10.1 Å². The highest BCUT2D eigenvalue weighted by Crippen LogP contribution is 2.29. The molecule has 5 rings (SSSR count). The lowest BCUT2D eigenvalue weighted by molar-refractivity contribution is -0.115. The van der Waals surface area contributed by atoms with Crippen LogP contribution in [-0.2, 0) is 9.53 Å². The van der Waals surface area contributed by atoms with Gasteiger partial charge in [-0.05, 0) is 62.2 Å². The lowest BCUT2D eigenvalue weighted by atomic mass is 9.95. The van der Waals surface area contributed by atoms with Gasteiger partial charge in [-0.2, -0.15) is 0 Å². The highest BCUT2D eigenvalue weighted by atomic mass is 16.6. The molecular formula is C33H29N3O4. The molecule has 1 aromatic heterocycles. The smallest absolute Gasteiger partial charge is 0.412 e. The number of Topliss-reactive ketones (excluding diaryl/α,β-unsaturated/α-hetero) is 1. The van der Waals surface area contributed by atoms with Crippen molar-refractivity contribution in [3.05, 3.63) is 102 Å². The fourth-order valence-electron chi connectivity index (χ4n) is 3.80. The van der Waals surface area contributed by atoms with Gasteiger partial charge in [-0.3, -0.25) is 19.9 Å². The Morgan fingerprint density at radius 1 is 0.850 bits per heavy atom. The minimum atomic E-state index is -0.701. The number of nitrogens with one attached hydrogen (secondary N) is 2. The highest BCUT2D eigenvalue weighted by molar-refractivity contribution is 6.12. The number of aromatic nitrogens is 1. The number of hydrogen-bond donors (Lipinski definition) is 2. The van der Waals surface area contributed by atoms with Crippen molar-refractivity contribution < 1.29 is 19.1 Å². The average Bonchev–Trinajstić information content (AvgIpc) is 2.91. The first-order chi connectivity index (χ1) is 19.1. The standard InChI is InChI=1S/C27H25N3O4.C6H4/c1-5-18-10-9-14-22(29-26(33)34-27(2,3)4)25(18)30-24(32)17-23(31)20-12-8-11-19(16-20)21-13-6-7-15-28-21;1-2-6-4-3-5(1)6/h1,6-16H,17H2,2-4H3,(H,29,33)(H,30,32);1-4H. The predicted molar refractivity (Wildman–Crippen MR) is 157 cm³/mol. The summed E-state index contributed by atoms with van der Waals surface area (Å²) in [6.45, 7) is 5.21. The number of ketones is 1. The number of pyridine rings is 1. The van der Waals surface area contributed by atoms with Crippen LogP contribution in [0, 0.1) is 12.3 Å². The Balaban J connectivity index is 0.000000534. The molecule has 200 valence electrons. The summed E-state index contributed by atoms with van der Waals surface area (Å²) in [6, 6.07) is 25.8. The Morgan fingerprint density at radius 2 is 1.55 bits per heavy atom. The summed E-state index contributed by atoms with van der Waals surface area (Å²) in [7, 11) is 0. The lowest BCUT2D eigenvalue weighted by Gasteiger charge is -2.21. The van der Waals surface area contributed by atoms with Crippen molar-refractivity contribution in [3.8, 4) is 34.7 Å². The molecule has 0 fully saturated rings. The lowest BCUT2D eigenvalue weighted by Crippen LogP contribution is -2.28. The normalized spacial score (nSPS) is 10.8. The SMILES string of the molecule is C#Cc1cccc(NC(=O)OC(C)(C)C)c1NC(=O)CC(=O)c1cccc(-c2ccccn2)c1.c1cc2ccc1-2. The van der Waals surface area contributed by atoms with Crippen LogP contribution in [0.25, 0.3) is 22.4 Å². The zero-order valence-corrected chi connectivity index (χ0v) is 22.5. The van der Waals surface area contributed by atoms with Crippen molar-refractivity contribution in [2.75, 3.05) is 10.6 Å². The van der Waals surface area contributed by atoms with E-state index in [9.17, 15) is 14.4 Å². The van der Waals surface area contributed by atoms with E-state index in [1.165, 1.54) is 11.1 Å². The zero-order chi connectivity index (χ0) is 28.7. The fourth-order valence-corrected chi connectivity index (χ4v) is 3.80. The van der Waals surface area contributed by atoms with Gasteiger partial charge in [0.2, 0.25) is 5.91 Å². The summed E-state index contributed by atoms with van der Waals surface area (Å²) in [5.74, 6) is 1.54. The predicted octanol–water partition coefficient (Wildman–Crippen LogP) is 6.96. The van der Waals surface area contributed by atoms with E-state index < -0.39 is 24.0 Å². The van der Waals surface area contributed by atoms with Crippen LogP contribution in [0.2, 0.25) is 0 Å². The topological polar surface area (TPSA) is 97.4 Å². The van der Waals surface area contributed by atoms with Crippen LogP contribution in [-0.4, -0.2) is 28.4 Å². The number of para-hydroxylation sites is 1. The number of benzene rings is 3. The summed E-state index contributed by atoms with van der Waals surface area (Å²) in [5, 5.41) is 5.25. The van der Waals surface area contributed by atoms with E-state index in [1.807, 2.05) is 24.3 Å². The van der Waals surface area contributed by atoms with Gasteiger partial charge in [0.05, 0.1) is 23.5 Å². The van der Waals surface area contributed by atoms with Crippen molar-refractivity contribution >= 4 is 29.2 Å². The number of fused-ring (bicyclic) bond motifs is 1. The molecule has 0 aliphatic heterocycles. The third kappa shape index (κ3) is 7.21. The van der Waals surface area contributed by atoms with Crippen LogP contribution in [0.3, 0.4) is 0 Å². The molecule has 7 nitrogen and oxygen atoms in total. The number of amides is 2. The minimum Gasteiger partial charge on any atom is -0.444 e. The summed E-state index contributed by atoms with van der Waals surface area (Å²) in [6.07, 6.45) is 6.14. The summed E-state index contributed by atoms with van der Waals surface area (Å²) in [4.78, 5) is 42.0. The monoisotopic (exact) mass is 531 g/mol. The van der Waals surface area contributed by atoms with Gasteiger partial charge >= 0.3 is 6.09 Å². The van der Waals surface area contributed by atoms with E-state index >= 15 is 0 Å². The molecule has 2 amide bonds. The van der Waals surface area contributed by atoms with E-state index in [4.69, 9.17) is 11.2 Å². The van der Waals surface area contributed by atoms with Crippen LogP contribution in [0.4, 0.5) is 16.2 Å². The van der Waals surface area contributed by atoms with Gasteiger partial charge in [-0.15, -0.1) is 6.42 Å². The molecule has 40 heavy (non-hydrogen) atoms. The molecule has 0 atom stereocenters. The van der Waals surface area contributed by atoms with Crippen LogP contribution in [0.5, 0.6) is 0 Å². The van der Waals surface area contributed by atoms with E-state index in [0.29, 0.717) is 11.1 Å². The third-order valence-electron chi connectivity index (χ3n) is 5.80. The number of carbonyl (C=O) groups excluding carboxylic acids is 3. The molecule has 0 saturated carbocycles. The van der Waals surface area contributed by atoms with Crippen LogP contribution in [0.15, 0.2) is 91.1 Å². The van der Waals surface area contributed by atoms with Gasteiger partial charge in [0.15, 0.2) is 5.78 Å². The molecule has 0 spiro atoms. The van der Waals surface area contributed by atoms with Crippen molar-refractivity contribution in [2.45, 2.75) is 32.8 Å². The number of ether oxygens (including phenoxy) is 1. The summed E-state index contributed by atoms with van der Waals surface area (Å²) in [5.41, 5.74) is 4.87. The quantitative estimate of drug-likeness (QED) is 0.140. The Hall–Kier alpha value is -5.22. The van der Waals surface area contributed by atoms with Crippen molar-refractivity contribution in [1.29, 1.82) is 0 Å². The van der Waals surface area contributed by atoms with Crippen molar-refractivity contribution in [1.82, 2.24) is 4.98 Å². The van der Waals surface area contributed by atoms with E-state index in [-0.39, 0.29) is 17.2 Å². The number of anilines is 2. The number of rotatable bonds is 6. The minimum absolute atomic E-state index is 0.218. The molecule has 2 aliphatic rings. The Kier molecular flexibility index (Phi) is 8.41. The van der Waals surface area contributed by atoms with Gasteiger partial charge in [0, 0.05) is 22.9 Å². The second-order valence-corrected chi connectivity index (χ2v) is 10.0. The molecule has 0 saturated heterocycles. The molecule has 0 radical (unpaired) electrons. The van der Waals surface area contributed by atoms with E-state index in [1.54, 1.807) is 63.4 Å². The molecule has 1 heterocycles. The van der Waals surface area contributed by atoms with Crippen molar-refractivity contribution in [2.24, 2.45) is 0 Å². The second kappa shape index (κ2) is 12.1. The maximum Gasteiger partial charge on any atom is 0.412 e. The average molecular weight is 532 g/mol. The van der Waals surface area contributed by atoms with E-state index in [2.05, 4.69) is 45.8 Å². The molecule has 7 heteroatoms. The molecule has 3 aromatic rings. The molecule has 0 bridgehead atoms. The highest BCUT2D eigenvalue weighted by Gasteiger charge is 2.20. The van der Waals surface area contributed by atoms with Crippen LogP contribution < -0.4 is 10.6 Å². The number of hydrogen-bond acceptors (Lipinski definition) is 5. The second-order valence-electron chi connectivity index (χ2n) is 10.0. The first kappa shape index (κ1) is 27.8. The maximum atomic E-state index is 12.8. The van der Waals surface area contributed by atoms with Gasteiger partial charge in [0.1, 0.15) is 5.60 Å². The molecule has 2 aliphatic carbocycles. The van der Waals surface area contributed by atoms with Crippen molar-refractivity contribution in [3.63, 3.8) is 0 Å². The Bertz CT molecular complexity index is 1560. The number of terminal acetylenes is 1. The molecule has 2 aromatic carbocycles. The first-order valence-electron chi connectivity index (χ1n) is 12.7. The fraction of sp³-hybridized carbons (Fsp3) is 0.152. The first-order valence-corrected chi connectivity index (χ1v) is 12.7. The van der Waals surface area contributed by atoms with Gasteiger partial charge in [-0.1, -0.05) is 60.5 Å². The molecule has 2 N–H and O–H groups in total. The van der Waals surface area contributed by atoms with Crippen LogP contribution >= 0.6 is 0 Å².